The van der Waals surface area contributed by atoms with Crippen LogP contribution in [0.15, 0.2) is 17.5 Å². The lowest BCUT2D eigenvalue weighted by Crippen LogP contribution is -2.42. The smallest absolute Gasteiger partial charge is 0.139 e. The molecule has 1 aliphatic rings. The topological polar surface area (TPSA) is 29.1 Å². The minimum absolute atomic E-state index is 0.176. The third kappa shape index (κ3) is 3.21. The quantitative estimate of drug-likeness (QED) is 0.885. The number of aryl methyl sites for hydroxylation is 1. The molecule has 1 N–H and O–H groups in total. The van der Waals surface area contributed by atoms with Crippen LogP contribution in [0.2, 0.25) is 0 Å². The number of rotatable bonds is 5. The van der Waals surface area contributed by atoms with Gasteiger partial charge in [-0.15, -0.1) is 11.3 Å². The fraction of sp³-hybridized carbons (Fsp3) is 0.667. The number of hydrogen-bond acceptors (Lipinski definition) is 3. The van der Waals surface area contributed by atoms with Gasteiger partial charge in [0.2, 0.25) is 0 Å². The first-order valence-corrected chi connectivity index (χ1v) is 7.75. The Balaban J connectivity index is 1.89. The molecule has 100 valence electrons. The molecule has 0 bridgehead atoms. The lowest BCUT2D eigenvalue weighted by molar-refractivity contribution is -0.130. The van der Waals surface area contributed by atoms with Gasteiger partial charge in [-0.2, -0.15) is 0 Å². The van der Waals surface area contributed by atoms with Crippen LogP contribution in [0.5, 0.6) is 0 Å². The summed E-state index contributed by atoms with van der Waals surface area (Å²) >= 11 is 1.75. The van der Waals surface area contributed by atoms with E-state index in [2.05, 4.69) is 36.7 Å². The van der Waals surface area contributed by atoms with E-state index in [4.69, 9.17) is 0 Å². The van der Waals surface area contributed by atoms with Crippen LogP contribution in [-0.4, -0.2) is 18.9 Å². The number of Topliss-reactive ketones (excluding diaryl/α,β-unsaturated/α-hetero) is 1. The van der Waals surface area contributed by atoms with Crippen molar-refractivity contribution in [3.8, 4) is 0 Å². The van der Waals surface area contributed by atoms with Crippen LogP contribution in [0.4, 0.5) is 0 Å². The Bertz CT molecular complexity index is 377. The van der Waals surface area contributed by atoms with E-state index in [1.165, 1.54) is 17.7 Å². The zero-order chi connectivity index (χ0) is 13.0. The van der Waals surface area contributed by atoms with Gasteiger partial charge in [0.25, 0.3) is 0 Å². The van der Waals surface area contributed by atoms with Crippen molar-refractivity contribution in [2.45, 2.75) is 39.5 Å². The lowest BCUT2D eigenvalue weighted by atomic mass is 9.71. The number of nitrogens with one attached hydrogen (secondary N) is 1. The van der Waals surface area contributed by atoms with Crippen molar-refractivity contribution in [2.75, 3.05) is 13.1 Å². The van der Waals surface area contributed by atoms with Gasteiger partial charge in [-0.05, 0) is 49.7 Å². The van der Waals surface area contributed by atoms with Crippen molar-refractivity contribution >= 4 is 17.1 Å². The van der Waals surface area contributed by atoms with E-state index in [-0.39, 0.29) is 5.41 Å². The molecule has 1 fully saturated rings. The Hall–Kier alpha value is -0.670. The van der Waals surface area contributed by atoms with E-state index >= 15 is 0 Å². The highest BCUT2D eigenvalue weighted by molar-refractivity contribution is 7.09. The highest BCUT2D eigenvalue weighted by Gasteiger charge is 2.36. The second-order valence-corrected chi connectivity index (χ2v) is 6.80. The fourth-order valence-electron chi connectivity index (χ4n) is 2.71. The van der Waals surface area contributed by atoms with Crippen LogP contribution < -0.4 is 5.32 Å². The van der Waals surface area contributed by atoms with Gasteiger partial charge < -0.3 is 5.32 Å². The zero-order valence-corrected chi connectivity index (χ0v) is 12.2. The summed E-state index contributed by atoms with van der Waals surface area (Å²) in [5.41, 5.74) is -0.176. The minimum atomic E-state index is -0.176. The Morgan fingerprint density at radius 1 is 1.56 bits per heavy atom. The van der Waals surface area contributed by atoms with E-state index in [1.54, 1.807) is 11.3 Å². The van der Waals surface area contributed by atoms with E-state index in [0.29, 0.717) is 18.1 Å². The summed E-state index contributed by atoms with van der Waals surface area (Å²) in [5, 5.41) is 5.49. The average Bonchev–Trinajstić information content (AvgIpc) is 2.90. The van der Waals surface area contributed by atoms with Crippen LogP contribution >= 0.6 is 11.3 Å². The molecule has 1 aliphatic heterocycles. The number of ketones is 1. The molecule has 2 heterocycles. The Morgan fingerprint density at radius 2 is 2.39 bits per heavy atom. The number of thiophene rings is 1. The summed E-state index contributed by atoms with van der Waals surface area (Å²) in [5.74, 6) is 0.923. The Labute approximate surface area is 114 Å². The van der Waals surface area contributed by atoms with Crippen molar-refractivity contribution < 1.29 is 4.79 Å². The van der Waals surface area contributed by atoms with Crippen molar-refractivity contribution in [1.82, 2.24) is 5.32 Å². The normalized spacial score (nSPS) is 20.9. The van der Waals surface area contributed by atoms with Crippen molar-refractivity contribution in [2.24, 2.45) is 11.3 Å². The van der Waals surface area contributed by atoms with E-state index in [0.717, 1.165) is 19.5 Å². The van der Waals surface area contributed by atoms with E-state index in [9.17, 15) is 4.79 Å². The van der Waals surface area contributed by atoms with Gasteiger partial charge >= 0.3 is 0 Å². The Kier molecular flexibility index (Phi) is 4.57. The summed E-state index contributed by atoms with van der Waals surface area (Å²) in [6, 6.07) is 4.17. The van der Waals surface area contributed by atoms with Crippen LogP contribution in [0.3, 0.4) is 0 Å². The maximum absolute atomic E-state index is 12.4. The summed E-state index contributed by atoms with van der Waals surface area (Å²) in [6.07, 6.45) is 3.97. The highest BCUT2D eigenvalue weighted by atomic mass is 32.1. The first-order chi connectivity index (χ1) is 8.60. The summed E-state index contributed by atoms with van der Waals surface area (Å²) < 4.78 is 0. The third-order valence-corrected chi connectivity index (χ3v) is 5.15. The van der Waals surface area contributed by atoms with Gasteiger partial charge in [0.05, 0.1) is 0 Å². The molecule has 2 nitrogen and oxygen atoms in total. The van der Waals surface area contributed by atoms with Crippen molar-refractivity contribution in [1.29, 1.82) is 0 Å². The number of carbonyl (C=O) groups is 1. The van der Waals surface area contributed by atoms with Gasteiger partial charge in [-0.1, -0.05) is 19.9 Å². The summed E-state index contributed by atoms with van der Waals surface area (Å²) in [7, 11) is 0. The van der Waals surface area contributed by atoms with Crippen LogP contribution in [0.1, 0.15) is 38.0 Å². The van der Waals surface area contributed by atoms with Crippen molar-refractivity contribution in [3.63, 3.8) is 0 Å². The van der Waals surface area contributed by atoms with Gasteiger partial charge in [0.1, 0.15) is 5.78 Å². The predicted molar refractivity (Wildman–Crippen MR) is 77.0 cm³/mol. The molecule has 0 amide bonds. The number of piperidine rings is 1. The number of hydrogen-bond donors (Lipinski definition) is 1. The molecule has 0 aromatic carbocycles. The molecule has 2 rings (SSSR count). The molecule has 18 heavy (non-hydrogen) atoms. The second kappa shape index (κ2) is 5.98. The molecule has 3 heteroatoms. The fourth-order valence-corrected chi connectivity index (χ4v) is 3.42. The summed E-state index contributed by atoms with van der Waals surface area (Å²) in [4.78, 5) is 13.8. The third-order valence-electron chi connectivity index (χ3n) is 4.21. The number of carbonyl (C=O) groups excluding carboxylic acids is 1. The average molecular weight is 265 g/mol. The maximum Gasteiger partial charge on any atom is 0.139 e. The van der Waals surface area contributed by atoms with Gasteiger partial charge in [-0.3, -0.25) is 4.79 Å². The van der Waals surface area contributed by atoms with Gasteiger partial charge in [0, 0.05) is 16.7 Å². The molecule has 0 spiro atoms. The van der Waals surface area contributed by atoms with Crippen LogP contribution in [0.25, 0.3) is 0 Å². The van der Waals surface area contributed by atoms with Gasteiger partial charge in [-0.25, -0.2) is 0 Å². The molecule has 0 radical (unpaired) electrons. The lowest BCUT2D eigenvalue weighted by Gasteiger charge is -2.36. The predicted octanol–water partition coefficient (Wildman–Crippen LogP) is 3.28. The molecule has 1 aromatic rings. The first-order valence-electron chi connectivity index (χ1n) is 6.87. The molecule has 0 saturated carbocycles. The van der Waals surface area contributed by atoms with E-state index in [1.807, 2.05) is 0 Å². The van der Waals surface area contributed by atoms with Crippen LogP contribution in [0, 0.1) is 11.3 Å². The first kappa shape index (κ1) is 13.8. The highest BCUT2D eigenvalue weighted by Crippen LogP contribution is 2.34. The molecule has 1 aromatic heterocycles. The van der Waals surface area contributed by atoms with Gasteiger partial charge in [0.15, 0.2) is 0 Å². The zero-order valence-electron chi connectivity index (χ0n) is 11.4. The molecular weight excluding hydrogens is 242 g/mol. The molecule has 0 aliphatic carbocycles. The van der Waals surface area contributed by atoms with Crippen molar-refractivity contribution in [3.05, 3.63) is 22.4 Å². The van der Waals surface area contributed by atoms with Crippen LogP contribution in [-0.2, 0) is 11.2 Å². The largest absolute Gasteiger partial charge is 0.316 e. The second-order valence-electron chi connectivity index (χ2n) is 5.77. The standard InChI is InChI=1S/C15H23NOS/c1-15(2,12-5-3-9-16-11-12)14(17)8-7-13-6-4-10-18-13/h4,6,10,12,16H,3,5,7-9,11H2,1-2H3. The Morgan fingerprint density at radius 3 is 3.00 bits per heavy atom. The molecule has 1 unspecified atom stereocenters. The van der Waals surface area contributed by atoms with E-state index < -0.39 is 0 Å². The maximum atomic E-state index is 12.4. The molecule has 1 atom stereocenters. The molecule has 1 saturated heterocycles. The minimum Gasteiger partial charge on any atom is -0.316 e. The molecular formula is C15H23NOS. The SMILES string of the molecule is CC(C)(C(=O)CCc1cccs1)C1CCCNC1. The summed E-state index contributed by atoms with van der Waals surface area (Å²) in [6.45, 7) is 6.36. The monoisotopic (exact) mass is 265 g/mol.